The van der Waals surface area contributed by atoms with E-state index in [-0.39, 0.29) is 0 Å². The Morgan fingerprint density at radius 1 is 1.64 bits per heavy atom. The van der Waals surface area contributed by atoms with Crippen molar-refractivity contribution in [3.8, 4) is 0 Å². The number of hydrogen-bond acceptors (Lipinski definition) is 2. The summed E-state index contributed by atoms with van der Waals surface area (Å²) in [4.78, 5) is 10.1. The van der Waals surface area contributed by atoms with E-state index >= 15 is 0 Å². The van der Waals surface area contributed by atoms with Crippen LogP contribution in [-0.2, 0) is 0 Å². The predicted octanol–water partition coefficient (Wildman–Crippen LogP) is 1.05. The molecule has 0 bridgehead atoms. The van der Waals surface area contributed by atoms with Crippen LogP contribution in [0.1, 0.15) is 0 Å². The third-order valence-corrected chi connectivity index (χ3v) is 1.19. The molecule has 1 amide bonds. The topological polar surface area (TPSA) is 49.3 Å². The van der Waals surface area contributed by atoms with Gasteiger partial charge in [-0.15, -0.1) is 0 Å². The second-order valence-corrected chi connectivity index (χ2v) is 2.69. The van der Waals surface area contributed by atoms with E-state index in [0.717, 1.165) is 0 Å². The molecule has 0 aromatic heterocycles. The number of alkyl halides is 3. The van der Waals surface area contributed by atoms with Crippen molar-refractivity contribution in [2.45, 2.75) is 12.3 Å². The van der Waals surface area contributed by atoms with Gasteiger partial charge in [-0.1, -0.05) is 0 Å². The van der Waals surface area contributed by atoms with Crippen molar-refractivity contribution in [2.75, 3.05) is 6.54 Å². The summed E-state index contributed by atoms with van der Waals surface area (Å²) in [5, 5.41) is 10.1. The van der Waals surface area contributed by atoms with Crippen molar-refractivity contribution >= 4 is 26.5 Å². The number of hydrogen-bond donors (Lipinski definition) is 2. The van der Waals surface area contributed by atoms with Gasteiger partial charge in [0.15, 0.2) is 6.10 Å². The zero-order chi connectivity index (χ0) is 9.07. The van der Waals surface area contributed by atoms with Crippen LogP contribution in [0.25, 0.3) is 0 Å². The fourth-order valence-corrected chi connectivity index (χ4v) is 0.513. The molecule has 0 spiro atoms. The van der Waals surface area contributed by atoms with Crippen molar-refractivity contribution in [3.63, 3.8) is 0 Å². The lowest BCUT2D eigenvalue weighted by Crippen LogP contribution is -2.39. The number of rotatable bonds is 2. The van der Waals surface area contributed by atoms with E-state index < -0.39 is 22.7 Å². The number of halogens is 4. The lowest BCUT2D eigenvalue weighted by Gasteiger charge is -2.13. The minimum atomic E-state index is -4.67. The highest BCUT2D eigenvalue weighted by atomic mass is 127. The van der Waals surface area contributed by atoms with Crippen molar-refractivity contribution in [1.82, 2.24) is 5.32 Å². The normalized spacial score (nSPS) is 14.3. The summed E-state index contributed by atoms with van der Waals surface area (Å²) in [6.07, 6.45) is -7.15. The Morgan fingerprint density at radius 2 is 2.09 bits per heavy atom. The molecule has 0 rings (SSSR count). The first kappa shape index (κ1) is 11.0. The van der Waals surface area contributed by atoms with Crippen molar-refractivity contribution in [3.05, 3.63) is 0 Å². The molecule has 0 aromatic rings. The molecule has 66 valence electrons. The summed E-state index contributed by atoms with van der Waals surface area (Å²) < 4.78 is 33.9. The zero-order valence-corrected chi connectivity index (χ0v) is 7.31. The highest BCUT2D eigenvalue weighted by molar-refractivity contribution is 14.1. The van der Waals surface area contributed by atoms with E-state index in [9.17, 15) is 18.0 Å². The number of amides is 1. The molecule has 0 radical (unpaired) electrons. The smallest absolute Gasteiger partial charge is 0.382 e. The number of carbonyl (C=O) groups is 1. The zero-order valence-electron chi connectivity index (χ0n) is 5.15. The summed E-state index contributed by atoms with van der Waals surface area (Å²) in [5.41, 5.74) is 0. The van der Waals surface area contributed by atoms with Gasteiger partial charge in [0.05, 0.1) is 6.54 Å². The molecule has 0 saturated carbocycles. The number of aliphatic hydroxyl groups excluding tert-OH is 1. The third kappa shape index (κ3) is 5.24. The van der Waals surface area contributed by atoms with Crippen LogP contribution in [0.15, 0.2) is 0 Å². The van der Waals surface area contributed by atoms with Crippen LogP contribution in [0, 0.1) is 0 Å². The largest absolute Gasteiger partial charge is 0.416 e. The Hall–Kier alpha value is -0.0500. The van der Waals surface area contributed by atoms with E-state index in [2.05, 4.69) is 0 Å². The molecule has 7 heteroatoms. The Morgan fingerprint density at radius 3 is 2.36 bits per heavy atom. The molecular formula is C4H5F3INO2. The monoisotopic (exact) mass is 283 g/mol. The highest BCUT2D eigenvalue weighted by Crippen LogP contribution is 2.19. The maximum Gasteiger partial charge on any atom is 0.416 e. The molecule has 2 N–H and O–H groups in total. The summed E-state index contributed by atoms with van der Waals surface area (Å²) in [6, 6.07) is 0. The third-order valence-electron chi connectivity index (χ3n) is 0.812. The van der Waals surface area contributed by atoms with E-state index in [0.29, 0.717) is 0 Å². The number of aliphatic hydroxyl groups is 1. The molecule has 0 heterocycles. The van der Waals surface area contributed by atoms with Gasteiger partial charge < -0.3 is 10.4 Å². The average molecular weight is 283 g/mol. The lowest BCUT2D eigenvalue weighted by atomic mass is 10.3. The minimum absolute atomic E-state index is 0.633. The second kappa shape index (κ2) is 4.10. The average Bonchev–Trinajstić information content (AvgIpc) is 1.80. The molecule has 0 aliphatic heterocycles. The summed E-state index contributed by atoms with van der Waals surface area (Å²) >= 11 is 1.28. The van der Waals surface area contributed by atoms with Gasteiger partial charge in [-0.25, -0.2) is 0 Å². The van der Waals surface area contributed by atoms with Crippen LogP contribution >= 0.6 is 22.6 Å². The number of carbonyl (C=O) groups excluding carboxylic acids is 1. The van der Waals surface area contributed by atoms with Gasteiger partial charge in [0.25, 0.3) is 3.91 Å². The van der Waals surface area contributed by atoms with E-state index in [1.165, 1.54) is 22.6 Å². The van der Waals surface area contributed by atoms with Gasteiger partial charge in [0.1, 0.15) is 0 Å². The molecule has 11 heavy (non-hydrogen) atoms. The summed E-state index contributed by atoms with van der Waals surface area (Å²) in [7, 11) is 0. The Balaban J connectivity index is 3.70. The van der Waals surface area contributed by atoms with Gasteiger partial charge in [0, 0.05) is 22.6 Å². The fraction of sp³-hybridized carbons (Fsp3) is 0.750. The predicted molar refractivity (Wildman–Crippen MR) is 39.5 cm³/mol. The van der Waals surface area contributed by atoms with E-state index in [1.807, 2.05) is 5.32 Å². The summed E-state index contributed by atoms with van der Waals surface area (Å²) in [6.45, 7) is -0.800. The molecule has 3 nitrogen and oxygen atoms in total. The first-order valence-corrected chi connectivity index (χ1v) is 3.60. The molecule has 0 fully saturated rings. The van der Waals surface area contributed by atoms with Gasteiger partial charge in [-0.2, -0.15) is 13.2 Å². The van der Waals surface area contributed by atoms with Crippen molar-refractivity contribution in [1.29, 1.82) is 0 Å². The maximum absolute atomic E-state index is 11.5. The minimum Gasteiger partial charge on any atom is -0.382 e. The van der Waals surface area contributed by atoms with Crippen LogP contribution in [0.5, 0.6) is 0 Å². The number of nitrogens with one attached hydrogen (secondary N) is 1. The Bertz CT molecular complexity index is 149. The first-order valence-electron chi connectivity index (χ1n) is 2.52. The molecule has 1 atom stereocenters. The molecule has 0 aromatic carbocycles. The summed E-state index contributed by atoms with van der Waals surface area (Å²) in [5.74, 6) is 0. The fourth-order valence-electron chi connectivity index (χ4n) is 0.293. The Kier molecular flexibility index (Phi) is 4.08. The van der Waals surface area contributed by atoms with Gasteiger partial charge in [0.2, 0.25) is 0 Å². The van der Waals surface area contributed by atoms with Crippen molar-refractivity contribution < 1.29 is 23.1 Å². The van der Waals surface area contributed by atoms with Gasteiger partial charge in [-0.3, -0.25) is 4.79 Å². The molecule has 0 aliphatic carbocycles. The standard InChI is InChI=1S/C4H5F3INO2/c5-4(6,7)2(10)1-9-3(8)11/h2,10H,1H2,(H,9,11)/t2-/m0/s1. The molecule has 0 aliphatic rings. The Labute approximate surface area is 74.1 Å². The van der Waals surface area contributed by atoms with Crippen LogP contribution in [-0.4, -0.2) is 27.8 Å². The molecular weight excluding hydrogens is 278 g/mol. The lowest BCUT2D eigenvalue weighted by molar-refractivity contribution is -0.201. The van der Waals surface area contributed by atoms with Gasteiger partial charge in [-0.05, 0) is 0 Å². The van der Waals surface area contributed by atoms with Crippen LogP contribution < -0.4 is 5.32 Å². The van der Waals surface area contributed by atoms with Crippen LogP contribution in [0.2, 0.25) is 0 Å². The van der Waals surface area contributed by atoms with Crippen molar-refractivity contribution in [2.24, 2.45) is 0 Å². The first-order chi connectivity index (χ1) is 4.84. The van der Waals surface area contributed by atoms with E-state index in [1.54, 1.807) is 0 Å². The quantitative estimate of drug-likeness (QED) is 0.452. The highest BCUT2D eigenvalue weighted by Gasteiger charge is 2.37. The maximum atomic E-state index is 11.5. The van der Waals surface area contributed by atoms with Crippen LogP contribution in [0.4, 0.5) is 18.0 Å². The van der Waals surface area contributed by atoms with E-state index in [4.69, 9.17) is 5.11 Å². The molecule has 0 unspecified atom stereocenters. The van der Waals surface area contributed by atoms with Crippen LogP contribution in [0.3, 0.4) is 0 Å². The SMILES string of the molecule is O=C(I)NC[C@H](O)C(F)(F)F. The van der Waals surface area contributed by atoms with Gasteiger partial charge >= 0.3 is 6.18 Å². The molecule has 0 saturated heterocycles. The second-order valence-electron chi connectivity index (χ2n) is 1.71.